The zero-order valence-corrected chi connectivity index (χ0v) is 22.1. The molecule has 4 rings (SSSR count). The van der Waals surface area contributed by atoms with E-state index >= 15 is 0 Å². The summed E-state index contributed by atoms with van der Waals surface area (Å²) in [6, 6.07) is 11.4. The van der Waals surface area contributed by atoms with Crippen molar-refractivity contribution in [2.24, 2.45) is 0 Å². The highest BCUT2D eigenvalue weighted by Crippen LogP contribution is 2.31. The largest absolute Gasteiger partial charge is 0.445 e. The van der Waals surface area contributed by atoms with Crippen LogP contribution < -0.4 is 4.90 Å². The van der Waals surface area contributed by atoms with Crippen molar-refractivity contribution in [2.45, 2.75) is 58.4 Å². The van der Waals surface area contributed by atoms with Gasteiger partial charge in [-0.05, 0) is 44.4 Å². The molecule has 1 aromatic carbocycles. The van der Waals surface area contributed by atoms with E-state index in [1.807, 2.05) is 56.0 Å². The maximum Gasteiger partial charge on any atom is 0.410 e. The summed E-state index contributed by atoms with van der Waals surface area (Å²) in [4.78, 5) is 39.5. The molecular formula is C26H31ClN6O4. The van der Waals surface area contributed by atoms with Crippen molar-refractivity contribution < 1.29 is 19.1 Å². The molecule has 37 heavy (non-hydrogen) atoms. The molecule has 2 aliphatic rings. The molecule has 10 nitrogen and oxygen atoms in total. The Morgan fingerprint density at radius 3 is 2.57 bits per heavy atom. The summed E-state index contributed by atoms with van der Waals surface area (Å²) in [5.74, 6) is 0.649. The van der Waals surface area contributed by atoms with E-state index in [0.29, 0.717) is 44.1 Å². The van der Waals surface area contributed by atoms with E-state index in [0.717, 1.165) is 11.1 Å². The summed E-state index contributed by atoms with van der Waals surface area (Å²) in [6.45, 7) is 7.57. The van der Waals surface area contributed by atoms with Crippen LogP contribution in [0, 0.1) is 11.3 Å². The van der Waals surface area contributed by atoms with Gasteiger partial charge < -0.3 is 24.2 Å². The molecule has 1 unspecified atom stereocenters. The van der Waals surface area contributed by atoms with Crippen LogP contribution in [0.3, 0.4) is 0 Å². The normalized spacial score (nSPS) is 17.6. The lowest BCUT2D eigenvalue weighted by Gasteiger charge is -2.42. The molecule has 0 aliphatic carbocycles. The van der Waals surface area contributed by atoms with Gasteiger partial charge in [0.25, 0.3) is 0 Å². The summed E-state index contributed by atoms with van der Waals surface area (Å²) in [7, 11) is 0. The molecule has 0 radical (unpaired) electrons. The maximum atomic E-state index is 12.8. The second-order valence-electron chi connectivity index (χ2n) is 10.1. The number of amides is 2. The Balaban J connectivity index is 1.48. The SMILES string of the molecule is CC(C)(C)OC(=O)N1CCc2c(nc(Cl)nc2N2CCN(C(=O)OCc3ccccc3)CC2CC#N)C1. The van der Waals surface area contributed by atoms with E-state index in [-0.39, 0.29) is 30.9 Å². The highest BCUT2D eigenvalue weighted by Gasteiger charge is 2.35. The predicted octanol–water partition coefficient (Wildman–Crippen LogP) is 4.16. The van der Waals surface area contributed by atoms with Gasteiger partial charge in [0.2, 0.25) is 5.28 Å². The molecule has 3 heterocycles. The number of carbonyl (C=O) groups is 2. The van der Waals surface area contributed by atoms with Crippen molar-refractivity contribution in [2.75, 3.05) is 31.1 Å². The maximum absolute atomic E-state index is 12.8. The van der Waals surface area contributed by atoms with Crippen LogP contribution in [0.4, 0.5) is 15.4 Å². The first-order valence-electron chi connectivity index (χ1n) is 12.3. The molecule has 0 spiro atoms. The number of anilines is 1. The van der Waals surface area contributed by atoms with Crippen molar-refractivity contribution in [3.05, 3.63) is 52.4 Å². The smallest absolute Gasteiger partial charge is 0.410 e. The lowest BCUT2D eigenvalue weighted by molar-refractivity contribution is 0.0220. The molecule has 1 aromatic heterocycles. The topological polar surface area (TPSA) is 112 Å². The van der Waals surface area contributed by atoms with Crippen molar-refractivity contribution in [3.8, 4) is 6.07 Å². The van der Waals surface area contributed by atoms with Crippen molar-refractivity contribution in [3.63, 3.8) is 0 Å². The molecular weight excluding hydrogens is 496 g/mol. The average molecular weight is 527 g/mol. The number of carbonyl (C=O) groups excluding carboxylic acids is 2. The number of piperazine rings is 1. The van der Waals surface area contributed by atoms with E-state index in [9.17, 15) is 14.9 Å². The number of fused-ring (bicyclic) bond motifs is 1. The predicted molar refractivity (Wildman–Crippen MR) is 137 cm³/mol. The first kappa shape index (κ1) is 26.5. The minimum absolute atomic E-state index is 0.0696. The number of rotatable bonds is 4. The molecule has 2 amide bonds. The van der Waals surface area contributed by atoms with E-state index in [2.05, 4.69) is 16.0 Å². The van der Waals surface area contributed by atoms with Gasteiger partial charge in [-0.25, -0.2) is 19.6 Å². The average Bonchev–Trinajstić information content (AvgIpc) is 2.86. The van der Waals surface area contributed by atoms with E-state index in [1.54, 1.807) is 9.80 Å². The van der Waals surface area contributed by atoms with Gasteiger partial charge in [0.05, 0.1) is 30.8 Å². The number of aromatic nitrogens is 2. The second-order valence-corrected chi connectivity index (χ2v) is 10.4. The van der Waals surface area contributed by atoms with Gasteiger partial charge in [0.1, 0.15) is 18.0 Å². The number of nitrogens with zero attached hydrogens (tertiary/aromatic N) is 6. The lowest BCUT2D eigenvalue weighted by atomic mass is 10.0. The molecule has 0 saturated carbocycles. The van der Waals surface area contributed by atoms with Gasteiger partial charge in [-0.2, -0.15) is 5.26 Å². The minimum Gasteiger partial charge on any atom is -0.445 e. The van der Waals surface area contributed by atoms with Gasteiger partial charge in [-0.15, -0.1) is 0 Å². The van der Waals surface area contributed by atoms with E-state index < -0.39 is 17.8 Å². The fourth-order valence-corrected chi connectivity index (χ4v) is 4.67. The summed E-state index contributed by atoms with van der Waals surface area (Å²) >= 11 is 6.31. The van der Waals surface area contributed by atoms with Crippen LogP contribution in [0.2, 0.25) is 5.28 Å². The number of nitriles is 1. The van der Waals surface area contributed by atoms with Gasteiger partial charge in [-0.1, -0.05) is 30.3 Å². The summed E-state index contributed by atoms with van der Waals surface area (Å²) < 4.78 is 11.0. The molecule has 1 fully saturated rings. The Kier molecular flexibility index (Phi) is 8.03. The third-order valence-corrected chi connectivity index (χ3v) is 6.38. The third kappa shape index (κ3) is 6.60. The van der Waals surface area contributed by atoms with E-state index in [4.69, 9.17) is 21.1 Å². The Morgan fingerprint density at radius 2 is 1.86 bits per heavy atom. The lowest BCUT2D eigenvalue weighted by Crippen LogP contribution is -2.55. The number of ether oxygens (including phenoxy) is 2. The van der Waals surface area contributed by atoms with Gasteiger partial charge in [0, 0.05) is 31.7 Å². The number of hydrogen-bond donors (Lipinski definition) is 0. The van der Waals surface area contributed by atoms with Crippen LogP contribution in [0.15, 0.2) is 30.3 Å². The van der Waals surface area contributed by atoms with Crippen LogP contribution >= 0.6 is 11.6 Å². The van der Waals surface area contributed by atoms with Crippen LogP contribution in [-0.4, -0.2) is 69.8 Å². The number of benzene rings is 1. The first-order chi connectivity index (χ1) is 17.6. The molecule has 1 atom stereocenters. The molecule has 11 heteroatoms. The number of halogens is 1. The fraction of sp³-hybridized carbons (Fsp3) is 0.500. The van der Waals surface area contributed by atoms with Crippen LogP contribution in [0.1, 0.15) is 44.0 Å². The monoisotopic (exact) mass is 526 g/mol. The van der Waals surface area contributed by atoms with Gasteiger partial charge >= 0.3 is 12.2 Å². The first-order valence-corrected chi connectivity index (χ1v) is 12.6. The number of hydrogen-bond acceptors (Lipinski definition) is 8. The summed E-state index contributed by atoms with van der Waals surface area (Å²) in [5, 5.41) is 9.58. The van der Waals surface area contributed by atoms with Gasteiger partial charge in [0.15, 0.2) is 0 Å². The zero-order chi connectivity index (χ0) is 26.6. The Morgan fingerprint density at radius 1 is 1.11 bits per heavy atom. The molecule has 196 valence electrons. The Bertz CT molecular complexity index is 1180. The Labute approximate surface area is 221 Å². The second kappa shape index (κ2) is 11.2. The van der Waals surface area contributed by atoms with Crippen LogP contribution in [0.25, 0.3) is 0 Å². The zero-order valence-electron chi connectivity index (χ0n) is 21.3. The van der Waals surface area contributed by atoms with Gasteiger partial charge in [-0.3, -0.25) is 0 Å². The quantitative estimate of drug-likeness (QED) is 0.546. The third-order valence-electron chi connectivity index (χ3n) is 6.21. The molecule has 1 saturated heterocycles. The van der Waals surface area contributed by atoms with Crippen LogP contribution in [-0.2, 0) is 29.0 Å². The van der Waals surface area contributed by atoms with E-state index in [1.165, 1.54) is 0 Å². The standard InChI is InChI=1S/C26H31ClN6O4/c1-26(2,3)37-25(35)31-12-10-20-21(16-31)29-23(27)30-22(20)33-14-13-32(15-19(33)9-11-28)24(34)36-17-18-7-5-4-6-8-18/h4-8,19H,9-10,12-17H2,1-3H3. The summed E-state index contributed by atoms with van der Waals surface area (Å²) in [5.41, 5.74) is 1.86. The van der Waals surface area contributed by atoms with Crippen molar-refractivity contribution >= 4 is 29.6 Å². The van der Waals surface area contributed by atoms with Crippen molar-refractivity contribution in [1.82, 2.24) is 19.8 Å². The fourth-order valence-electron chi connectivity index (χ4n) is 4.49. The molecule has 0 N–H and O–H groups in total. The Hall–Kier alpha value is -3.58. The molecule has 2 aromatic rings. The highest BCUT2D eigenvalue weighted by molar-refractivity contribution is 6.28. The highest BCUT2D eigenvalue weighted by atomic mass is 35.5. The summed E-state index contributed by atoms with van der Waals surface area (Å²) in [6.07, 6.45) is -0.0932. The molecule has 0 bridgehead atoms. The minimum atomic E-state index is -0.599. The van der Waals surface area contributed by atoms with Crippen LogP contribution in [0.5, 0.6) is 0 Å². The van der Waals surface area contributed by atoms with Crippen molar-refractivity contribution in [1.29, 1.82) is 5.26 Å². The molecule has 2 aliphatic heterocycles.